The van der Waals surface area contributed by atoms with Crippen LogP contribution in [0.4, 0.5) is 4.39 Å². The molecule has 0 aliphatic heterocycles. The average molecular weight is 423 g/mol. The van der Waals surface area contributed by atoms with Gasteiger partial charge in [0.1, 0.15) is 0 Å². The summed E-state index contributed by atoms with van der Waals surface area (Å²) in [6, 6.07) is 7.08. The third kappa shape index (κ3) is 3.42. The van der Waals surface area contributed by atoms with Crippen molar-refractivity contribution in [3.63, 3.8) is 0 Å². The van der Waals surface area contributed by atoms with Crippen molar-refractivity contribution in [2.24, 2.45) is 0 Å². The van der Waals surface area contributed by atoms with E-state index >= 15 is 0 Å². The molecule has 1 heterocycles. The molecule has 0 aliphatic rings. The predicted octanol–water partition coefficient (Wildman–Crippen LogP) is 5.12. The highest BCUT2D eigenvalue weighted by atomic mass is 79.9. The zero-order valence-electron chi connectivity index (χ0n) is 11.0. The van der Waals surface area contributed by atoms with Gasteiger partial charge in [-0.1, -0.05) is 13.0 Å². The molecule has 1 atom stereocenters. The Bertz CT molecular complexity index is 583. The molecule has 0 bridgehead atoms. The Balaban J connectivity index is 2.40. The summed E-state index contributed by atoms with van der Waals surface area (Å²) >= 11 is 8.61. The Labute approximate surface area is 138 Å². The van der Waals surface area contributed by atoms with Gasteiger partial charge in [-0.05, 0) is 62.2 Å². The highest BCUT2D eigenvalue weighted by molar-refractivity contribution is 9.13. The first kappa shape index (κ1) is 15.9. The predicted molar refractivity (Wildman–Crippen MR) is 88.2 cm³/mol. The van der Waals surface area contributed by atoms with Gasteiger partial charge in [0.05, 0.1) is 16.9 Å². The molecule has 0 saturated carbocycles. The molecule has 2 aromatic rings. The quantitative estimate of drug-likeness (QED) is 0.721. The fraction of sp³-hybridized carbons (Fsp3) is 0.286. The third-order valence-corrected chi connectivity index (χ3v) is 6.19. The second-order valence-corrected chi connectivity index (χ2v) is 7.41. The number of rotatable bonds is 5. The standard InChI is InChI=1S/C14H14Br2FNOS/c1-3-18-13(12-7-9(15)14(16)20-12)8-4-5-11(19-2)10(17)6-8/h4-7,13,18H,3H2,1-2H3. The summed E-state index contributed by atoms with van der Waals surface area (Å²) < 4.78 is 20.9. The summed E-state index contributed by atoms with van der Waals surface area (Å²) in [6.45, 7) is 2.83. The maximum absolute atomic E-state index is 13.9. The number of nitrogens with one attached hydrogen (secondary N) is 1. The van der Waals surface area contributed by atoms with E-state index in [0.29, 0.717) is 0 Å². The molecule has 0 spiro atoms. The summed E-state index contributed by atoms with van der Waals surface area (Å²) in [5.74, 6) is -0.0832. The van der Waals surface area contributed by atoms with Crippen molar-refractivity contribution in [3.05, 3.63) is 48.8 Å². The molecule has 108 valence electrons. The molecule has 1 unspecified atom stereocenters. The summed E-state index contributed by atoms with van der Waals surface area (Å²) in [7, 11) is 1.47. The first-order valence-corrected chi connectivity index (χ1v) is 8.48. The van der Waals surface area contributed by atoms with E-state index in [1.54, 1.807) is 17.4 Å². The van der Waals surface area contributed by atoms with Crippen LogP contribution in [-0.4, -0.2) is 13.7 Å². The molecule has 0 aliphatic carbocycles. The van der Waals surface area contributed by atoms with E-state index in [0.717, 1.165) is 25.2 Å². The molecular formula is C14H14Br2FNOS. The monoisotopic (exact) mass is 421 g/mol. The van der Waals surface area contributed by atoms with Crippen LogP contribution in [0.1, 0.15) is 23.4 Å². The van der Waals surface area contributed by atoms with Crippen LogP contribution in [0.5, 0.6) is 5.75 Å². The van der Waals surface area contributed by atoms with Crippen LogP contribution in [-0.2, 0) is 0 Å². The van der Waals surface area contributed by atoms with Crippen LogP contribution >= 0.6 is 43.2 Å². The Morgan fingerprint density at radius 3 is 2.60 bits per heavy atom. The number of methoxy groups -OCH3 is 1. The third-order valence-electron chi connectivity index (χ3n) is 2.87. The van der Waals surface area contributed by atoms with Gasteiger partial charge in [-0.2, -0.15) is 0 Å². The number of ether oxygens (including phenoxy) is 1. The average Bonchev–Trinajstić information content (AvgIpc) is 2.75. The van der Waals surface area contributed by atoms with Crippen LogP contribution < -0.4 is 10.1 Å². The first-order valence-electron chi connectivity index (χ1n) is 6.08. The van der Waals surface area contributed by atoms with E-state index in [4.69, 9.17) is 4.74 Å². The van der Waals surface area contributed by atoms with Gasteiger partial charge in [0, 0.05) is 9.35 Å². The van der Waals surface area contributed by atoms with Crippen molar-refractivity contribution < 1.29 is 9.13 Å². The lowest BCUT2D eigenvalue weighted by Gasteiger charge is -2.17. The molecule has 6 heteroatoms. The molecule has 0 radical (unpaired) electrons. The molecule has 2 nitrogen and oxygen atoms in total. The summed E-state index contributed by atoms with van der Waals surface area (Å²) in [5, 5.41) is 3.38. The molecule has 0 saturated heterocycles. The fourth-order valence-electron chi connectivity index (χ4n) is 1.95. The number of halogens is 3. The van der Waals surface area contributed by atoms with E-state index in [2.05, 4.69) is 37.2 Å². The summed E-state index contributed by atoms with van der Waals surface area (Å²) in [6.07, 6.45) is 0. The molecule has 20 heavy (non-hydrogen) atoms. The number of thiophene rings is 1. The Hall–Kier alpha value is -0.430. The summed E-state index contributed by atoms with van der Waals surface area (Å²) in [4.78, 5) is 1.12. The van der Waals surface area contributed by atoms with Gasteiger partial charge in [0.25, 0.3) is 0 Å². The minimum Gasteiger partial charge on any atom is -0.494 e. The molecular weight excluding hydrogens is 409 g/mol. The van der Waals surface area contributed by atoms with Crippen molar-refractivity contribution in [3.8, 4) is 5.75 Å². The van der Waals surface area contributed by atoms with Crippen LogP contribution in [0.2, 0.25) is 0 Å². The van der Waals surface area contributed by atoms with E-state index in [1.165, 1.54) is 13.2 Å². The second-order valence-electron chi connectivity index (χ2n) is 4.16. The van der Waals surface area contributed by atoms with Gasteiger partial charge in [0.15, 0.2) is 11.6 Å². The molecule has 1 aromatic heterocycles. The van der Waals surface area contributed by atoms with Crippen LogP contribution in [0.25, 0.3) is 0 Å². The number of benzene rings is 1. The molecule has 2 rings (SSSR count). The van der Waals surface area contributed by atoms with Gasteiger partial charge in [-0.15, -0.1) is 11.3 Å². The Kier molecular flexibility index (Phi) is 5.60. The second kappa shape index (κ2) is 7.02. The van der Waals surface area contributed by atoms with E-state index < -0.39 is 0 Å². The van der Waals surface area contributed by atoms with Crippen LogP contribution in [0, 0.1) is 5.82 Å². The fourth-order valence-corrected chi connectivity index (χ4v) is 4.15. The van der Waals surface area contributed by atoms with Gasteiger partial charge in [-0.25, -0.2) is 4.39 Å². The van der Waals surface area contributed by atoms with Crippen molar-refractivity contribution in [1.29, 1.82) is 0 Å². The summed E-state index contributed by atoms with van der Waals surface area (Å²) in [5.41, 5.74) is 0.881. The lowest BCUT2D eigenvalue weighted by atomic mass is 10.0. The Morgan fingerprint density at radius 2 is 2.10 bits per heavy atom. The molecule has 1 N–H and O–H groups in total. The van der Waals surface area contributed by atoms with E-state index in [9.17, 15) is 4.39 Å². The van der Waals surface area contributed by atoms with Gasteiger partial charge in [-0.3, -0.25) is 0 Å². The zero-order chi connectivity index (χ0) is 14.7. The highest BCUT2D eigenvalue weighted by Crippen LogP contribution is 2.38. The topological polar surface area (TPSA) is 21.3 Å². The van der Waals surface area contributed by atoms with Gasteiger partial charge in [0.2, 0.25) is 0 Å². The van der Waals surface area contributed by atoms with E-state index in [1.807, 2.05) is 19.1 Å². The maximum Gasteiger partial charge on any atom is 0.165 e. The van der Waals surface area contributed by atoms with Crippen molar-refractivity contribution in [1.82, 2.24) is 5.32 Å². The highest BCUT2D eigenvalue weighted by Gasteiger charge is 2.18. The smallest absolute Gasteiger partial charge is 0.165 e. The van der Waals surface area contributed by atoms with Crippen molar-refractivity contribution >= 4 is 43.2 Å². The Morgan fingerprint density at radius 1 is 1.35 bits per heavy atom. The molecule has 0 amide bonds. The van der Waals surface area contributed by atoms with Gasteiger partial charge < -0.3 is 10.1 Å². The van der Waals surface area contributed by atoms with Crippen LogP contribution in [0.3, 0.4) is 0 Å². The largest absolute Gasteiger partial charge is 0.494 e. The minimum atomic E-state index is -0.345. The number of hydrogen-bond donors (Lipinski definition) is 1. The molecule has 0 fully saturated rings. The normalized spacial score (nSPS) is 12.4. The first-order chi connectivity index (χ1) is 9.56. The minimum absolute atomic E-state index is 0.0343. The van der Waals surface area contributed by atoms with Crippen LogP contribution in [0.15, 0.2) is 32.5 Å². The number of hydrogen-bond acceptors (Lipinski definition) is 3. The molecule has 1 aromatic carbocycles. The zero-order valence-corrected chi connectivity index (χ0v) is 15.0. The van der Waals surface area contributed by atoms with Crippen molar-refractivity contribution in [2.45, 2.75) is 13.0 Å². The maximum atomic E-state index is 13.9. The van der Waals surface area contributed by atoms with Gasteiger partial charge >= 0.3 is 0 Å². The SMILES string of the molecule is CCNC(c1ccc(OC)c(F)c1)c1cc(Br)c(Br)s1. The van der Waals surface area contributed by atoms with E-state index in [-0.39, 0.29) is 17.6 Å². The van der Waals surface area contributed by atoms with Crippen molar-refractivity contribution in [2.75, 3.05) is 13.7 Å². The lowest BCUT2D eigenvalue weighted by Crippen LogP contribution is -2.21. The lowest BCUT2D eigenvalue weighted by molar-refractivity contribution is 0.386.